The Kier molecular flexibility index (Phi) is 5.91. The first-order valence-electron chi connectivity index (χ1n) is 7.85. The number of carbonyl (C=O) groups excluding carboxylic acids is 1. The number of rotatable bonds is 7. The lowest BCUT2D eigenvalue weighted by Gasteiger charge is -2.11. The molecule has 0 radical (unpaired) electrons. The second kappa shape index (κ2) is 7.75. The minimum atomic E-state index is -3.64. The van der Waals surface area contributed by atoms with Gasteiger partial charge in [0.2, 0.25) is 21.8 Å². The lowest BCUT2D eigenvalue weighted by Crippen LogP contribution is -2.32. The van der Waals surface area contributed by atoms with Crippen LogP contribution in [0, 0.1) is 20.8 Å². The van der Waals surface area contributed by atoms with Crippen LogP contribution in [0.3, 0.4) is 0 Å². The maximum atomic E-state index is 12.2. The molecular weight excluding hydrogens is 344 g/mol. The van der Waals surface area contributed by atoms with Gasteiger partial charge >= 0.3 is 0 Å². The van der Waals surface area contributed by atoms with E-state index >= 15 is 0 Å². The van der Waals surface area contributed by atoms with Gasteiger partial charge in [0.25, 0.3) is 0 Å². The number of hydrogen-bond donors (Lipinski definition) is 2. The van der Waals surface area contributed by atoms with Crippen molar-refractivity contribution >= 4 is 15.9 Å². The Morgan fingerprint density at radius 3 is 2.56 bits per heavy atom. The van der Waals surface area contributed by atoms with Crippen LogP contribution < -0.4 is 10.0 Å². The van der Waals surface area contributed by atoms with E-state index in [9.17, 15) is 13.2 Å². The van der Waals surface area contributed by atoms with Gasteiger partial charge in [-0.05, 0) is 51.0 Å². The second-order valence-electron chi connectivity index (χ2n) is 5.86. The number of aromatic nitrogens is 2. The monoisotopic (exact) mass is 366 g/mol. The number of nitrogens with zero attached hydrogens (tertiary/aromatic N) is 2. The van der Waals surface area contributed by atoms with Gasteiger partial charge in [0.15, 0.2) is 5.82 Å². The van der Waals surface area contributed by atoms with E-state index in [-0.39, 0.29) is 23.8 Å². The minimum Gasteiger partial charge on any atom is -0.345 e. The van der Waals surface area contributed by atoms with Crippen molar-refractivity contribution in [1.29, 1.82) is 0 Å². The molecule has 0 fully saturated rings. The van der Waals surface area contributed by atoms with Gasteiger partial charge in [0, 0.05) is 13.0 Å². The van der Waals surface area contributed by atoms with Crippen LogP contribution in [0.15, 0.2) is 27.6 Å². The molecule has 1 heterocycles. The summed E-state index contributed by atoms with van der Waals surface area (Å²) in [6.45, 7) is 7.15. The van der Waals surface area contributed by atoms with Crippen molar-refractivity contribution in [1.82, 2.24) is 20.2 Å². The summed E-state index contributed by atoms with van der Waals surface area (Å²) in [5, 5.41) is 6.34. The first-order valence-corrected chi connectivity index (χ1v) is 9.34. The van der Waals surface area contributed by atoms with Crippen LogP contribution in [0.4, 0.5) is 0 Å². The Labute approximate surface area is 147 Å². The van der Waals surface area contributed by atoms with Crippen LogP contribution in [0.1, 0.15) is 42.2 Å². The van der Waals surface area contributed by atoms with Gasteiger partial charge in [0.1, 0.15) is 6.04 Å². The predicted octanol–water partition coefficient (Wildman–Crippen LogP) is 1.54. The van der Waals surface area contributed by atoms with Crippen molar-refractivity contribution in [2.45, 2.75) is 45.1 Å². The van der Waals surface area contributed by atoms with Gasteiger partial charge in [-0.25, -0.2) is 13.1 Å². The summed E-state index contributed by atoms with van der Waals surface area (Å²) in [5.74, 6) is 0.477. The number of sulfonamides is 1. The van der Waals surface area contributed by atoms with Gasteiger partial charge in [-0.3, -0.25) is 4.79 Å². The highest BCUT2D eigenvalue weighted by atomic mass is 32.2. The maximum Gasteiger partial charge on any atom is 0.248 e. The molecule has 0 aliphatic carbocycles. The van der Waals surface area contributed by atoms with Gasteiger partial charge in [0.05, 0.1) is 4.90 Å². The molecule has 1 aromatic heterocycles. The molecule has 25 heavy (non-hydrogen) atoms. The quantitative estimate of drug-likeness (QED) is 0.768. The molecule has 2 N–H and O–H groups in total. The van der Waals surface area contributed by atoms with Crippen molar-refractivity contribution in [3.8, 4) is 0 Å². The van der Waals surface area contributed by atoms with Gasteiger partial charge < -0.3 is 9.84 Å². The molecule has 136 valence electrons. The van der Waals surface area contributed by atoms with Crippen molar-refractivity contribution < 1.29 is 17.7 Å². The summed E-state index contributed by atoms with van der Waals surface area (Å²) in [6, 6.07) is 4.47. The molecule has 0 saturated heterocycles. The van der Waals surface area contributed by atoms with Crippen molar-refractivity contribution in [2.75, 3.05) is 6.54 Å². The van der Waals surface area contributed by atoms with Crippen LogP contribution in [-0.2, 0) is 14.8 Å². The minimum absolute atomic E-state index is 0.00152. The molecule has 2 aromatic rings. The van der Waals surface area contributed by atoms with E-state index in [1.807, 2.05) is 13.8 Å². The fourth-order valence-electron chi connectivity index (χ4n) is 2.13. The molecule has 0 aliphatic heterocycles. The Balaban J connectivity index is 1.86. The van der Waals surface area contributed by atoms with Crippen LogP contribution in [-0.4, -0.2) is 31.0 Å². The summed E-state index contributed by atoms with van der Waals surface area (Å²) in [4.78, 5) is 16.1. The molecule has 0 saturated carbocycles. The normalized spacial score (nSPS) is 12.8. The molecule has 8 nitrogen and oxygen atoms in total. The van der Waals surface area contributed by atoms with E-state index in [0.717, 1.165) is 11.1 Å². The SMILES string of the molecule is Cc1noc(C(C)NC(=O)CCNS(=O)(=O)c2ccc(C)c(C)c2)n1. The summed E-state index contributed by atoms with van der Waals surface area (Å²) in [5.41, 5.74) is 1.91. The van der Waals surface area contributed by atoms with E-state index in [2.05, 4.69) is 20.2 Å². The fourth-order valence-corrected chi connectivity index (χ4v) is 3.24. The molecule has 2 rings (SSSR count). The lowest BCUT2D eigenvalue weighted by molar-refractivity contribution is -0.121. The average Bonchev–Trinajstić information content (AvgIpc) is 2.96. The zero-order chi connectivity index (χ0) is 18.6. The second-order valence-corrected chi connectivity index (χ2v) is 7.63. The highest BCUT2D eigenvalue weighted by molar-refractivity contribution is 7.89. The van der Waals surface area contributed by atoms with Crippen LogP contribution in [0.25, 0.3) is 0 Å². The topological polar surface area (TPSA) is 114 Å². The molecular formula is C16H22N4O4S. The third kappa shape index (κ3) is 5.10. The molecule has 0 aliphatic rings. The van der Waals surface area contributed by atoms with E-state index < -0.39 is 16.1 Å². The molecule has 1 atom stereocenters. The third-order valence-corrected chi connectivity index (χ3v) is 5.18. The molecule has 9 heteroatoms. The zero-order valence-electron chi connectivity index (χ0n) is 14.7. The molecule has 0 spiro atoms. The number of aryl methyl sites for hydroxylation is 3. The van der Waals surface area contributed by atoms with Crippen molar-refractivity contribution in [3.05, 3.63) is 41.0 Å². The van der Waals surface area contributed by atoms with E-state index in [1.165, 1.54) is 0 Å². The van der Waals surface area contributed by atoms with Crippen LogP contribution in [0.2, 0.25) is 0 Å². The molecule has 1 amide bonds. The molecule has 1 unspecified atom stereocenters. The fraction of sp³-hybridized carbons (Fsp3) is 0.438. The van der Waals surface area contributed by atoms with Gasteiger partial charge in [-0.15, -0.1) is 0 Å². The summed E-state index contributed by atoms with van der Waals surface area (Å²) in [7, 11) is -3.64. The average molecular weight is 366 g/mol. The lowest BCUT2D eigenvalue weighted by atomic mass is 10.1. The maximum absolute atomic E-state index is 12.2. The largest absolute Gasteiger partial charge is 0.345 e. The number of amides is 1. The Hall–Kier alpha value is -2.26. The molecule has 1 aromatic carbocycles. The number of nitrogens with one attached hydrogen (secondary N) is 2. The van der Waals surface area contributed by atoms with Gasteiger partial charge in [-0.1, -0.05) is 11.2 Å². The van der Waals surface area contributed by atoms with E-state index in [4.69, 9.17) is 4.52 Å². The summed E-state index contributed by atoms with van der Waals surface area (Å²) >= 11 is 0. The highest BCUT2D eigenvalue weighted by Crippen LogP contribution is 2.14. The Morgan fingerprint density at radius 2 is 1.96 bits per heavy atom. The number of hydrogen-bond acceptors (Lipinski definition) is 6. The number of carbonyl (C=O) groups is 1. The number of benzene rings is 1. The smallest absolute Gasteiger partial charge is 0.248 e. The first-order chi connectivity index (χ1) is 11.7. The predicted molar refractivity (Wildman–Crippen MR) is 91.3 cm³/mol. The third-order valence-electron chi connectivity index (χ3n) is 3.72. The first kappa shape index (κ1) is 19.1. The van der Waals surface area contributed by atoms with Crippen molar-refractivity contribution in [2.24, 2.45) is 0 Å². The van der Waals surface area contributed by atoms with E-state index in [1.54, 1.807) is 32.0 Å². The summed E-state index contributed by atoms with van der Waals surface area (Å²) < 4.78 is 31.9. The summed E-state index contributed by atoms with van der Waals surface area (Å²) in [6.07, 6.45) is 0.00152. The van der Waals surface area contributed by atoms with Crippen LogP contribution >= 0.6 is 0 Å². The van der Waals surface area contributed by atoms with Gasteiger partial charge in [-0.2, -0.15) is 4.98 Å². The van der Waals surface area contributed by atoms with Crippen molar-refractivity contribution in [3.63, 3.8) is 0 Å². The Bertz CT molecular complexity index is 861. The Morgan fingerprint density at radius 1 is 1.24 bits per heavy atom. The van der Waals surface area contributed by atoms with E-state index in [0.29, 0.717) is 11.7 Å². The van der Waals surface area contributed by atoms with Crippen LogP contribution in [0.5, 0.6) is 0 Å². The zero-order valence-corrected chi connectivity index (χ0v) is 15.5. The standard InChI is InChI=1S/C16H22N4O4S/c1-10-5-6-14(9-11(10)2)25(22,23)17-8-7-15(21)18-12(3)16-19-13(4)20-24-16/h5-6,9,12,17H,7-8H2,1-4H3,(H,18,21). The molecule has 0 bridgehead atoms. The highest BCUT2D eigenvalue weighted by Gasteiger charge is 2.17.